The molecule has 0 fully saturated rings. The zero-order chi connectivity index (χ0) is 14.1. The van der Waals surface area contributed by atoms with Crippen LogP contribution in [0.1, 0.15) is 19.8 Å². The molecule has 0 aliphatic heterocycles. The summed E-state index contributed by atoms with van der Waals surface area (Å²) in [4.78, 5) is 24.1. The summed E-state index contributed by atoms with van der Waals surface area (Å²) >= 11 is 0. The average Bonchev–Trinajstić information content (AvgIpc) is 2.40. The van der Waals surface area contributed by atoms with E-state index in [9.17, 15) is 9.59 Å². The topological polar surface area (TPSA) is 69.6 Å². The second-order valence-corrected chi connectivity index (χ2v) is 4.17. The first-order valence-electron chi connectivity index (χ1n) is 6.42. The molecule has 2 N–H and O–H groups in total. The van der Waals surface area contributed by atoms with Crippen molar-refractivity contribution in [3.63, 3.8) is 0 Å². The molecule has 0 atom stereocenters. The highest BCUT2D eigenvalue weighted by molar-refractivity contribution is 5.76. The van der Waals surface area contributed by atoms with Crippen LogP contribution in [0.15, 0.2) is 30.3 Å². The quantitative estimate of drug-likeness (QED) is 0.746. The lowest BCUT2D eigenvalue weighted by Crippen LogP contribution is -2.32. The number of anilines is 1. The van der Waals surface area contributed by atoms with E-state index in [1.54, 1.807) is 0 Å². The summed E-state index contributed by atoms with van der Waals surface area (Å²) in [6.07, 6.45) is 0.423. The number of rotatable bonds is 8. The van der Waals surface area contributed by atoms with Crippen molar-refractivity contribution in [3.05, 3.63) is 30.3 Å². The van der Waals surface area contributed by atoms with Crippen molar-refractivity contribution in [2.45, 2.75) is 19.8 Å². The maximum Gasteiger partial charge on any atom is 0.305 e. The van der Waals surface area contributed by atoms with Crippen LogP contribution in [-0.4, -0.2) is 36.6 Å². The molecule has 0 saturated carbocycles. The first kappa shape index (κ1) is 15.0. The van der Waals surface area contributed by atoms with Gasteiger partial charge >= 0.3 is 5.97 Å². The number of nitrogens with one attached hydrogen (secondary N) is 1. The number of benzene rings is 1. The molecule has 5 heteroatoms. The molecule has 0 saturated heterocycles. The van der Waals surface area contributed by atoms with E-state index in [0.717, 1.165) is 5.69 Å². The van der Waals surface area contributed by atoms with Gasteiger partial charge in [0.2, 0.25) is 5.91 Å². The Morgan fingerprint density at radius 2 is 1.79 bits per heavy atom. The van der Waals surface area contributed by atoms with Crippen molar-refractivity contribution in [3.8, 4) is 0 Å². The van der Waals surface area contributed by atoms with E-state index in [1.165, 1.54) is 0 Å². The normalized spacial score (nSPS) is 9.95. The first-order valence-corrected chi connectivity index (χ1v) is 6.42. The molecule has 0 spiro atoms. The molecule has 19 heavy (non-hydrogen) atoms. The summed E-state index contributed by atoms with van der Waals surface area (Å²) in [5.74, 6) is -0.849. The SMILES string of the molecule is CCNC(=O)CCN(CCC(=O)O)c1ccccc1. The molecule has 5 nitrogen and oxygen atoms in total. The Hall–Kier alpha value is -2.04. The van der Waals surface area contributed by atoms with Crippen LogP contribution >= 0.6 is 0 Å². The summed E-state index contributed by atoms with van der Waals surface area (Å²) in [5, 5.41) is 11.5. The number of carboxylic acid groups (broad SMARTS) is 1. The minimum atomic E-state index is -0.834. The number of para-hydroxylation sites is 1. The van der Waals surface area contributed by atoms with Gasteiger partial charge in [-0.05, 0) is 19.1 Å². The minimum Gasteiger partial charge on any atom is -0.481 e. The second-order valence-electron chi connectivity index (χ2n) is 4.17. The second kappa shape index (κ2) is 8.13. The summed E-state index contributed by atoms with van der Waals surface area (Å²) in [7, 11) is 0. The first-order chi connectivity index (χ1) is 9.13. The Morgan fingerprint density at radius 1 is 1.16 bits per heavy atom. The van der Waals surface area contributed by atoms with Crippen LogP contribution in [0.25, 0.3) is 0 Å². The summed E-state index contributed by atoms with van der Waals surface area (Å²) in [5.41, 5.74) is 0.938. The van der Waals surface area contributed by atoms with Crippen LogP contribution in [0, 0.1) is 0 Å². The third-order valence-corrected chi connectivity index (χ3v) is 2.70. The molecule has 0 radical (unpaired) electrons. The number of hydrogen-bond donors (Lipinski definition) is 2. The molecule has 0 aliphatic carbocycles. The van der Waals surface area contributed by atoms with E-state index in [1.807, 2.05) is 42.2 Å². The predicted molar refractivity (Wildman–Crippen MR) is 74.2 cm³/mol. The van der Waals surface area contributed by atoms with Crippen molar-refractivity contribution in [1.82, 2.24) is 5.32 Å². The molecule has 104 valence electrons. The average molecular weight is 264 g/mol. The van der Waals surface area contributed by atoms with E-state index >= 15 is 0 Å². The number of carbonyl (C=O) groups is 2. The van der Waals surface area contributed by atoms with Crippen LogP contribution in [-0.2, 0) is 9.59 Å². The number of hydrogen-bond acceptors (Lipinski definition) is 3. The van der Waals surface area contributed by atoms with Gasteiger partial charge in [-0.15, -0.1) is 0 Å². The van der Waals surface area contributed by atoms with Gasteiger partial charge in [0.05, 0.1) is 6.42 Å². The molecule has 1 rings (SSSR count). The van der Waals surface area contributed by atoms with Gasteiger partial charge in [0.15, 0.2) is 0 Å². The number of carboxylic acids is 1. The van der Waals surface area contributed by atoms with Crippen LogP contribution in [0.2, 0.25) is 0 Å². The lowest BCUT2D eigenvalue weighted by molar-refractivity contribution is -0.136. The Morgan fingerprint density at radius 3 is 2.37 bits per heavy atom. The number of aliphatic carboxylic acids is 1. The monoisotopic (exact) mass is 264 g/mol. The summed E-state index contributed by atoms with van der Waals surface area (Å²) in [6.45, 7) is 3.40. The van der Waals surface area contributed by atoms with Crippen molar-refractivity contribution in [2.75, 3.05) is 24.5 Å². The molecule has 0 heterocycles. The number of carbonyl (C=O) groups excluding carboxylic acids is 1. The van der Waals surface area contributed by atoms with Crippen LogP contribution in [0.3, 0.4) is 0 Å². The maximum atomic E-state index is 11.5. The van der Waals surface area contributed by atoms with Crippen LogP contribution in [0.5, 0.6) is 0 Å². The molecule has 0 unspecified atom stereocenters. The van der Waals surface area contributed by atoms with Crippen molar-refractivity contribution in [1.29, 1.82) is 0 Å². The third kappa shape index (κ3) is 5.90. The number of nitrogens with zero attached hydrogens (tertiary/aromatic N) is 1. The zero-order valence-electron chi connectivity index (χ0n) is 11.1. The molecule has 1 aromatic rings. The Bertz CT molecular complexity index is 406. The van der Waals surface area contributed by atoms with E-state index in [-0.39, 0.29) is 12.3 Å². The Kier molecular flexibility index (Phi) is 6.43. The van der Waals surface area contributed by atoms with Crippen LogP contribution in [0.4, 0.5) is 5.69 Å². The largest absolute Gasteiger partial charge is 0.481 e. The Labute approximate surface area is 113 Å². The van der Waals surface area contributed by atoms with Gasteiger partial charge < -0.3 is 15.3 Å². The fourth-order valence-electron chi connectivity index (χ4n) is 1.76. The minimum absolute atomic E-state index is 0.0150. The molecule has 0 aromatic heterocycles. The lowest BCUT2D eigenvalue weighted by atomic mass is 10.2. The van der Waals surface area contributed by atoms with Gasteiger partial charge in [0.25, 0.3) is 0 Å². The van der Waals surface area contributed by atoms with Crippen molar-refractivity contribution in [2.24, 2.45) is 0 Å². The zero-order valence-corrected chi connectivity index (χ0v) is 11.1. The van der Waals surface area contributed by atoms with E-state index in [2.05, 4.69) is 5.32 Å². The summed E-state index contributed by atoms with van der Waals surface area (Å²) in [6, 6.07) is 9.53. The van der Waals surface area contributed by atoms with E-state index in [4.69, 9.17) is 5.11 Å². The third-order valence-electron chi connectivity index (χ3n) is 2.70. The molecule has 1 aromatic carbocycles. The molecule has 1 amide bonds. The van der Waals surface area contributed by atoms with Gasteiger partial charge in [-0.1, -0.05) is 18.2 Å². The Balaban J connectivity index is 2.59. The highest BCUT2D eigenvalue weighted by Gasteiger charge is 2.10. The van der Waals surface area contributed by atoms with Gasteiger partial charge in [0.1, 0.15) is 0 Å². The van der Waals surface area contributed by atoms with E-state index in [0.29, 0.717) is 26.1 Å². The lowest BCUT2D eigenvalue weighted by Gasteiger charge is -2.23. The van der Waals surface area contributed by atoms with Crippen molar-refractivity contribution >= 4 is 17.6 Å². The molecular weight excluding hydrogens is 244 g/mol. The summed E-state index contributed by atoms with van der Waals surface area (Å²) < 4.78 is 0. The smallest absolute Gasteiger partial charge is 0.305 e. The molecule has 0 aliphatic rings. The van der Waals surface area contributed by atoms with Crippen LogP contribution < -0.4 is 10.2 Å². The van der Waals surface area contributed by atoms with E-state index < -0.39 is 5.97 Å². The van der Waals surface area contributed by atoms with Crippen molar-refractivity contribution < 1.29 is 14.7 Å². The van der Waals surface area contributed by atoms with Gasteiger partial charge in [-0.2, -0.15) is 0 Å². The fourth-order valence-corrected chi connectivity index (χ4v) is 1.76. The molecular formula is C14H20N2O3. The van der Waals surface area contributed by atoms with Gasteiger partial charge in [0, 0.05) is 31.7 Å². The predicted octanol–water partition coefficient (Wildman–Crippen LogP) is 1.49. The highest BCUT2D eigenvalue weighted by Crippen LogP contribution is 2.14. The highest BCUT2D eigenvalue weighted by atomic mass is 16.4. The fraction of sp³-hybridized carbons (Fsp3) is 0.429. The maximum absolute atomic E-state index is 11.5. The standard InChI is InChI=1S/C14H20N2O3/c1-2-15-13(17)8-10-16(11-9-14(18)19)12-6-4-3-5-7-12/h3-7H,2,8-11H2,1H3,(H,15,17)(H,18,19). The molecule has 0 bridgehead atoms. The number of amides is 1. The van der Waals surface area contributed by atoms with Gasteiger partial charge in [-0.25, -0.2) is 0 Å². The van der Waals surface area contributed by atoms with Gasteiger partial charge in [-0.3, -0.25) is 9.59 Å².